The number of fused-ring (bicyclic) bond motifs is 2. The number of halogens is 1. The van der Waals surface area contributed by atoms with Crippen LogP contribution in [0.25, 0.3) is 28.2 Å². The van der Waals surface area contributed by atoms with Gasteiger partial charge < -0.3 is 18.8 Å². The maximum absolute atomic E-state index is 14.4. The number of thiazole rings is 1. The molecule has 9 nitrogen and oxygen atoms in total. The van der Waals surface area contributed by atoms with Crippen molar-refractivity contribution in [2.45, 2.75) is 26.8 Å². The number of hydrogen-bond donors (Lipinski definition) is 0. The van der Waals surface area contributed by atoms with Crippen molar-refractivity contribution in [3.8, 4) is 17.1 Å². The number of allylic oxidation sites excluding steroid dienone is 1. The standard InChI is InChI=1S/C36H32ClN3O6S/c1-6-39(7-2)34(42)30-20(3)38-36-40(32(30)31-24-11-9-8-10-21(24)12-16-28(31)44-4)33(41)29(47-36)19-23-14-17-27(46-23)26-18-22(37)13-15-25(26)35(43)45-5/h8-19,32H,6-7H2,1-5H3/b29-19-/t32-/m0/s1. The number of benzene rings is 3. The number of rotatable bonds is 8. The Kier molecular flexibility index (Phi) is 8.90. The van der Waals surface area contributed by atoms with Crippen LogP contribution in [0.1, 0.15) is 48.5 Å². The van der Waals surface area contributed by atoms with E-state index in [1.165, 1.54) is 18.4 Å². The van der Waals surface area contributed by atoms with Gasteiger partial charge in [-0.1, -0.05) is 53.3 Å². The van der Waals surface area contributed by atoms with Gasteiger partial charge in [-0.25, -0.2) is 9.79 Å². The van der Waals surface area contributed by atoms with Gasteiger partial charge >= 0.3 is 5.97 Å². The third-order valence-corrected chi connectivity index (χ3v) is 9.50. The Morgan fingerprint density at radius 1 is 1.06 bits per heavy atom. The summed E-state index contributed by atoms with van der Waals surface area (Å²) in [5.41, 5.74) is 2.08. The second kappa shape index (κ2) is 13.1. The van der Waals surface area contributed by atoms with Crippen LogP contribution >= 0.6 is 22.9 Å². The van der Waals surface area contributed by atoms with Crippen LogP contribution < -0.4 is 19.6 Å². The first-order chi connectivity index (χ1) is 22.7. The molecule has 0 fully saturated rings. The molecule has 1 atom stereocenters. The molecule has 240 valence electrons. The molecule has 0 unspecified atom stereocenters. The fraction of sp³-hybridized carbons (Fsp3) is 0.222. The number of methoxy groups -OCH3 is 2. The molecule has 0 saturated carbocycles. The normalized spacial score (nSPS) is 14.6. The van der Waals surface area contributed by atoms with Crippen LogP contribution in [0, 0.1) is 0 Å². The Balaban J connectivity index is 1.56. The predicted octanol–water partition coefficient (Wildman–Crippen LogP) is 5.97. The number of esters is 1. The molecular formula is C36H32ClN3O6S. The molecule has 3 heterocycles. The van der Waals surface area contributed by atoms with Crippen molar-refractivity contribution in [3.63, 3.8) is 0 Å². The summed E-state index contributed by atoms with van der Waals surface area (Å²) < 4.78 is 18.9. The minimum Gasteiger partial charge on any atom is -0.496 e. The number of aromatic nitrogens is 1. The van der Waals surface area contributed by atoms with Crippen molar-refractivity contribution < 1.29 is 23.5 Å². The van der Waals surface area contributed by atoms with E-state index in [0.717, 1.165) is 10.8 Å². The van der Waals surface area contributed by atoms with Crippen molar-refractivity contribution in [1.82, 2.24) is 9.47 Å². The fourth-order valence-electron chi connectivity index (χ4n) is 6.00. The zero-order chi connectivity index (χ0) is 33.4. The van der Waals surface area contributed by atoms with E-state index < -0.39 is 12.0 Å². The Bertz CT molecular complexity index is 2260. The van der Waals surface area contributed by atoms with Crippen molar-refractivity contribution >= 4 is 51.7 Å². The van der Waals surface area contributed by atoms with Crippen molar-refractivity contribution in [2.24, 2.45) is 4.99 Å². The Morgan fingerprint density at radius 2 is 1.83 bits per heavy atom. The summed E-state index contributed by atoms with van der Waals surface area (Å²) in [6, 6.07) is 19.1. The monoisotopic (exact) mass is 669 g/mol. The highest BCUT2D eigenvalue weighted by molar-refractivity contribution is 7.07. The van der Waals surface area contributed by atoms with E-state index in [-0.39, 0.29) is 11.5 Å². The van der Waals surface area contributed by atoms with E-state index in [4.69, 9.17) is 30.5 Å². The number of nitrogens with zero attached hydrogens (tertiary/aromatic N) is 3. The van der Waals surface area contributed by atoms with Crippen LogP contribution in [0.3, 0.4) is 0 Å². The summed E-state index contributed by atoms with van der Waals surface area (Å²) in [4.78, 5) is 48.0. The predicted molar refractivity (Wildman–Crippen MR) is 183 cm³/mol. The van der Waals surface area contributed by atoms with Crippen LogP contribution in [-0.4, -0.2) is 48.7 Å². The van der Waals surface area contributed by atoms with E-state index in [2.05, 4.69) is 0 Å². The molecule has 2 aromatic heterocycles. The number of furan rings is 1. The van der Waals surface area contributed by atoms with Gasteiger partial charge in [0.15, 0.2) is 4.80 Å². The molecule has 5 aromatic rings. The molecule has 1 aliphatic heterocycles. The summed E-state index contributed by atoms with van der Waals surface area (Å²) in [7, 11) is 2.89. The molecule has 0 spiro atoms. The smallest absolute Gasteiger partial charge is 0.338 e. The molecule has 0 aliphatic carbocycles. The summed E-state index contributed by atoms with van der Waals surface area (Å²) in [5, 5.41) is 2.24. The highest BCUT2D eigenvalue weighted by Crippen LogP contribution is 2.40. The third-order valence-electron chi connectivity index (χ3n) is 8.28. The number of carbonyl (C=O) groups is 2. The topological polar surface area (TPSA) is 103 Å². The summed E-state index contributed by atoms with van der Waals surface area (Å²) in [6.45, 7) is 6.66. The molecule has 6 rings (SSSR count). The minimum absolute atomic E-state index is 0.191. The fourth-order valence-corrected chi connectivity index (χ4v) is 7.20. The quantitative estimate of drug-likeness (QED) is 0.189. The van der Waals surface area contributed by atoms with Gasteiger partial charge in [0.1, 0.15) is 23.3 Å². The molecule has 1 amide bonds. The number of ether oxygens (including phenoxy) is 2. The highest BCUT2D eigenvalue weighted by atomic mass is 35.5. The van der Waals surface area contributed by atoms with Gasteiger partial charge in [0, 0.05) is 35.3 Å². The van der Waals surface area contributed by atoms with Crippen LogP contribution in [0.15, 0.2) is 92.2 Å². The van der Waals surface area contributed by atoms with E-state index in [0.29, 0.717) is 72.7 Å². The Hall–Kier alpha value is -4.93. The maximum Gasteiger partial charge on any atom is 0.338 e. The first-order valence-corrected chi connectivity index (χ1v) is 16.3. The zero-order valence-corrected chi connectivity index (χ0v) is 28.1. The van der Waals surface area contributed by atoms with Gasteiger partial charge in [0.05, 0.1) is 35.6 Å². The molecule has 0 N–H and O–H groups in total. The van der Waals surface area contributed by atoms with Crippen LogP contribution in [-0.2, 0) is 9.53 Å². The summed E-state index contributed by atoms with van der Waals surface area (Å²) >= 11 is 7.45. The second-order valence-electron chi connectivity index (χ2n) is 10.8. The van der Waals surface area contributed by atoms with Crippen molar-refractivity contribution in [1.29, 1.82) is 0 Å². The SMILES string of the molecule is CCN(CC)C(=O)C1=C(C)N=c2s/c(=C\c3ccc(-c4cc(Cl)ccc4C(=O)OC)o3)c(=O)n2[C@@H]1c1c(OC)ccc2ccccc12. The summed E-state index contributed by atoms with van der Waals surface area (Å²) in [5.74, 6) is 0.603. The van der Waals surface area contributed by atoms with Crippen LogP contribution in [0.2, 0.25) is 5.02 Å². The van der Waals surface area contributed by atoms with Gasteiger partial charge in [-0.05, 0) is 67.9 Å². The van der Waals surface area contributed by atoms with E-state index in [9.17, 15) is 14.4 Å². The van der Waals surface area contributed by atoms with Gasteiger partial charge in [-0.2, -0.15) is 0 Å². The lowest BCUT2D eigenvalue weighted by atomic mass is 9.90. The lowest BCUT2D eigenvalue weighted by Crippen LogP contribution is -2.43. The molecule has 0 bridgehead atoms. The average molecular weight is 670 g/mol. The molecule has 0 radical (unpaired) electrons. The van der Waals surface area contributed by atoms with Gasteiger partial charge in [0.25, 0.3) is 11.5 Å². The second-order valence-corrected chi connectivity index (χ2v) is 12.3. The van der Waals surface area contributed by atoms with Crippen molar-refractivity contribution in [2.75, 3.05) is 27.3 Å². The Morgan fingerprint density at radius 3 is 2.55 bits per heavy atom. The molecular weight excluding hydrogens is 638 g/mol. The average Bonchev–Trinajstić information content (AvgIpc) is 3.67. The third kappa shape index (κ3) is 5.68. The number of carbonyl (C=O) groups excluding carboxylic acids is 2. The minimum atomic E-state index is -0.802. The lowest BCUT2D eigenvalue weighted by Gasteiger charge is -2.30. The lowest BCUT2D eigenvalue weighted by molar-refractivity contribution is -0.127. The van der Waals surface area contributed by atoms with E-state index in [1.807, 2.05) is 50.2 Å². The van der Waals surface area contributed by atoms with E-state index >= 15 is 0 Å². The van der Waals surface area contributed by atoms with E-state index in [1.54, 1.807) is 59.9 Å². The maximum atomic E-state index is 14.4. The van der Waals surface area contributed by atoms with Crippen LogP contribution in [0.5, 0.6) is 5.75 Å². The summed E-state index contributed by atoms with van der Waals surface area (Å²) in [6.07, 6.45) is 1.64. The number of likely N-dealkylation sites (N-methyl/N-ethyl adjacent to an activating group) is 1. The van der Waals surface area contributed by atoms with Crippen LogP contribution in [0.4, 0.5) is 0 Å². The van der Waals surface area contributed by atoms with Gasteiger partial charge in [-0.15, -0.1) is 0 Å². The van der Waals surface area contributed by atoms with Gasteiger partial charge in [0.2, 0.25) is 0 Å². The highest BCUT2D eigenvalue weighted by Gasteiger charge is 2.36. The first kappa shape index (κ1) is 32.0. The molecule has 47 heavy (non-hydrogen) atoms. The first-order valence-electron chi connectivity index (χ1n) is 15.1. The molecule has 0 saturated heterocycles. The number of amides is 1. The van der Waals surface area contributed by atoms with Gasteiger partial charge in [-0.3, -0.25) is 14.2 Å². The number of hydrogen-bond acceptors (Lipinski definition) is 8. The van der Waals surface area contributed by atoms with Crippen molar-refractivity contribution in [3.05, 3.63) is 120 Å². The largest absolute Gasteiger partial charge is 0.496 e. The molecule has 11 heteroatoms. The Labute approximate surface area is 279 Å². The zero-order valence-electron chi connectivity index (χ0n) is 26.5. The molecule has 1 aliphatic rings. The molecule has 3 aromatic carbocycles.